The molecule has 94 valence electrons. The fourth-order valence-corrected chi connectivity index (χ4v) is 2.39. The molecule has 1 aromatic carbocycles. The van der Waals surface area contributed by atoms with Crippen LogP contribution in [0.1, 0.15) is 15.9 Å². The van der Waals surface area contributed by atoms with Gasteiger partial charge in [0.2, 0.25) is 0 Å². The number of anilines is 2. The van der Waals surface area contributed by atoms with Crippen LogP contribution in [0, 0.1) is 0 Å². The summed E-state index contributed by atoms with van der Waals surface area (Å²) >= 11 is 1.67. The van der Waals surface area contributed by atoms with Crippen molar-refractivity contribution in [3.63, 3.8) is 0 Å². The first kappa shape index (κ1) is 12.4. The van der Waals surface area contributed by atoms with Crippen molar-refractivity contribution in [3.8, 4) is 0 Å². The molecule has 2 rings (SSSR count). The maximum absolute atomic E-state index is 10.9. The van der Waals surface area contributed by atoms with Crippen molar-refractivity contribution < 1.29 is 9.90 Å². The summed E-state index contributed by atoms with van der Waals surface area (Å²) in [5, 5.41) is 16.3. The average Bonchev–Trinajstić information content (AvgIpc) is 2.84. The lowest BCUT2D eigenvalue weighted by atomic mass is 10.1. The van der Waals surface area contributed by atoms with E-state index in [0.717, 1.165) is 13.0 Å². The molecule has 0 aliphatic carbocycles. The van der Waals surface area contributed by atoms with Crippen molar-refractivity contribution in [2.24, 2.45) is 0 Å². The number of nitrogen functional groups attached to an aromatic ring is 1. The molecule has 2 aromatic rings. The Morgan fingerprint density at radius 2 is 2.22 bits per heavy atom. The highest BCUT2D eigenvalue weighted by Crippen LogP contribution is 2.22. The Balaban J connectivity index is 2.01. The maximum Gasteiger partial charge on any atom is 0.337 e. The molecule has 4 nitrogen and oxygen atoms in total. The van der Waals surface area contributed by atoms with Gasteiger partial charge in [0.25, 0.3) is 0 Å². The number of carbonyl (C=O) groups is 1. The van der Waals surface area contributed by atoms with Crippen molar-refractivity contribution in [3.05, 3.63) is 46.2 Å². The Morgan fingerprint density at radius 1 is 1.39 bits per heavy atom. The normalized spacial score (nSPS) is 10.2. The second-order valence-electron chi connectivity index (χ2n) is 3.88. The fourth-order valence-electron chi connectivity index (χ4n) is 1.68. The molecule has 0 bridgehead atoms. The van der Waals surface area contributed by atoms with Gasteiger partial charge in [-0.1, -0.05) is 6.07 Å². The van der Waals surface area contributed by atoms with Crippen molar-refractivity contribution >= 4 is 28.7 Å². The molecular formula is C13H14N2O2S. The molecule has 5 heteroatoms. The number of carboxylic acids is 1. The van der Waals surface area contributed by atoms with Crippen LogP contribution in [0.2, 0.25) is 0 Å². The van der Waals surface area contributed by atoms with E-state index in [1.165, 1.54) is 11.6 Å². The predicted octanol–water partition coefficient (Wildman–Crippen LogP) is 2.68. The number of hydrogen-bond acceptors (Lipinski definition) is 4. The first-order chi connectivity index (χ1) is 8.68. The minimum Gasteiger partial charge on any atom is -0.478 e. The van der Waals surface area contributed by atoms with Gasteiger partial charge in [-0.15, -0.1) is 0 Å². The quantitative estimate of drug-likeness (QED) is 0.724. The average molecular weight is 262 g/mol. The van der Waals surface area contributed by atoms with E-state index in [9.17, 15) is 4.79 Å². The Labute approximate surface area is 109 Å². The molecule has 4 N–H and O–H groups in total. The lowest BCUT2D eigenvalue weighted by molar-refractivity contribution is 0.0698. The number of carboxylic acid groups (broad SMARTS) is 1. The molecule has 0 aliphatic rings. The summed E-state index contributed by atoms with van der Waals surface area (Å²) < 4.78 is 0. The van der Waals surface area contributed by atoms with Crippen LogP contribution in [0.15, 0.2) is 35.0 Å². The topological polar surface area (TPSA) is 75.3 Å². The molecule has 0 spiro atoms. The van der Waals surface area contributed by atoms with Crippen LogP contribution in [-0.4, -0.2) is 17.6 Å². The summed E-state index contributed by atoms with van der Waals surface area (Å²) in [6.07, 6.45) is 0.889. The lowest BCUT2D eigenvalue weighted by Gasteiger charge is -2.10. The van der Waals surface area contributed by atoms with E-state index in [1.54, 1.807) is 23.5 Å². The first-order valence-electron chi connectivity index (χ1n) is 5.55. The molecule has 0 amide bonds. The Hall–Kier alpha value is -2.01. The molecule has 0 radical (unpaired) electrons. The van der Waals surface area contributed by atoms with Gasteiger partial charge in [0.1, 0.15) is 0 Å². The lowest BCUT2D eigenvalue weighted by Crippen LogP contribution is -2.09. The molecule has 0 saturated heterocycles. The van der Waals surface area contributed by atoms with Gasteiger partial charge in [0, 0.05) is 6.54 Å². The smallest absolute Gasteiger partial charge is 0.337 e. The van der Waals surface area contributed by atoms with E-state index >= 15 is 0 Å². The third-order valence-electron chi connectivity index (χ3n) is 2.65. The first-order valence-corrected chi connectivity index (χ1v) is 6.49. The highest BCUT2D eigenvalue weighted by Gasteiger charge is 2.10. The van der Waals surface area contributed by atoms with Gasteiger partial charge < -0.3 is 16.2 Å². The zero-order valence-electron chi connectivity index (χ0n) is 9.72. The van der Waals surface area contributed by atoms with Gasteiger partial charge in [-0.3, -0.25) is 0 Å². The van der Waals surface area contributed by atoms with Crippen LogP contribution < -0.4 is 11.1 Å². The van der Waals surface area contributed by atoms with E-state index in [1.807, 2.05) is 5.38 Å². The minimum absolute atomic E-state index is 0.135. The molecular weight excluding hydrogens is 248 g/mol. The van der Waals surface area contributed by atoms with Gasteiger partial charge in [-0.05, 0) is 40.9 Å². The van der Waals surface area contributed by atoms with Crippen LogP contribution in [0.5, 0.6) is 0 Å². The summed E-state index contributed by atoms with van der Waals surface area (Å²) in [4.78, 5) is 10.9. The zero-order chi connectivity index (χ0) is 13.0. The van der Waals surface area contributed by atoms with E-state index < -0.39 is 5.97 Å². The second-order valence-corrected chi connectivity index (χ2v) is 4.66. The summed E-state index contributed by atoms with van der Waals surface area (Å²) in [5.74, 6) is -1.01. The molecule has 0 saturated carbocycles. The highest BCUT2D eigenvalue weighted by atomic mass is 32.1. The molecule has 18 heavy (non-hydrogen) atoms. The van der Waals surface area contributed by atoms with Gasteiger partial charge in [0.15, 0.2) is 0 Å². The molecule has 1 aromatic heterocycles. The summed E-state index contributed by atoms with van der Waals surface area (Å²) in [7, 11) is 0. The number of benzene rings is 1. The van der Waals surface area contributed by atoms with Crippen molar-refractivity contribution in [1.29, 1.82) is 0 Å². The number of nitrogens with two attached hydrogens (primary N) is 1. The largest absolute Gasteiger partial charge is 0.478 e. The second kappa shape index (κ2) is 5.55. The molecule has 1 heterocycles. The number of hydrogen-bond donors (Lipinski definition) is 3. The van der Waals surface area contributed by atoms with E-state index in [4.69, 9.17) is 10.8 Å². The minimum atomic E-state index is -1.01. The van der Waals surface area contributed by atoms with Crippen molar-refractivity contribution in [2.45, 2.75) is 6.42 Å². The van der Waals surface area contributed by atoms with Crippen LogP contribution in [0.3, 0.4) is 0 Å². The summed E-state index contributed by atoms with van der Waals surface area (Å²) in [6.45, 7) is 0.726. The fraction of sp³-hybridized carbons (Fsp3) is 0.154. The van der Waals surface area contributed by atoms with E-state index in [0.29, 0.717) is 5.69 Å². The Bertz CT molecular complexity index is 538. The van der Waals surface area contributed by atoms with Crippen molar-refractivity contribution in [2.75, 3.05) is 17.6 Å². The SMILES string of the molecule is Nc1c(NCCc2ccsc2)cccc1C(=O)O. The predicted molar refractivity (Wildman–Crippen MR) is 74.3 cm³/mol. The zero-order valence-corrected chi connectivity index (χ0v) is 10.5. The van der Waals surface area contributed by atoms with E-state index in [-0.39, 0.29) is 11.3 Å². The number of aromatic carboxylic acids is 1. The number of rotatable bonds is 5. The molecule has 0 atom stereocenters. The summed E-state index contributed by atoms with van der Waals surface area (Å²) in [6, 6.07) is 7.05. The van der Waals surface area contributed by atoms with Crippen LogP contribution in [0.4, 0.5) is 11.4 Å². The van der Waals surface area contributed by atoms with E-state index in [2.05, 4.69) is 16.8 Å². The van der Waals surface area contributed by atoms with Gasteiger partial charge in [0.05, 0.1) is 16.9 Å². The number of para-hydroxylation sites is 1. The van der Waals surface area contributed by atoms with Crippen molar-refractivity contribution in [1.82, 2.24) is 0 Å². The van der Waals surface area contributed by atoms with Crippen LogP contribution in [-0.2, 0) is 6.42 Å². The molecule has 0 unspecified atom stereocenters. The molecule has 0 aliphatic heterocycles. The summed E-state index contributed by atoms with van der Waals surface area (Å²) in [5.41, 5.74) is 8.16. The van der Waals surface area contributed by atoms with Gasteiger partial charge >= 0.3 is 5.97 Å². The van der Waals surface area contributed by atoms with Gasteiger partial charge in [-0.2, -0.15) is 11.3 Å². The Morgan fingerprint density at radius 3 is 2.89 bits per heavy atom. The molecule has 0 fully saturated rings. The monoisotopic (exact) mass is 262 g/mol. The maximum atomic E-state index is 10.9. The number of nitrogens with one attached hydrogen (secondary N) is 1. The van der Waals surface area contributed by atoms with Crippen LogP contribution in [0.25, 0.3) is 0 Å². The standard InChI is InChI=1S/C13H14N2O2S/c14-12-10(13(16)17)2-1-3-11(12)15-6-4-9-5-7-18-8-9/h1-3,5,7-8,15H,4,6,14H2,(H,16,17). The number of thiophene rings is 1. The van der Waals surface area contributed by atoms with Gasteiger partial charge in [-0.25, -0.2) is 4.79 Å². The third-order valence-corrected chi connectivity index (χ3v) is 3.38. The van der Waals surface area contributed by atoms with Crippen LogP contribution >= 0.6 is 11.3 Å². The third kappa shape index (κ3) is 2.81. The Kier molecular flexibility index (Phi) is 3.84. The highest BCUT2D eigenvalue weighted by molar-refractivity contribution is 7.07.